The Morgan fingerprint density at radius 1 is 0.274 bits per heavy atom. The van der Waals surface area contributed by atoms with Crippen molar-refractivity contribution in [1.82, 2.24) is 18.3 Å². The van der Waals surface area contributed by atoms with Gasteiger partial charge in [-0.2, -0.15) is 18.3 Å². The van der Waals surface area contributed by atoms with Crippen LogP contribution in [-0.4, -0.2) is 18.3 Å². The SMILES string of the molecule is Cc1ccc(-c2cc3c4cc5ccccc5cc4n(C)c3c[n+]2C)c(C)c1.Cc1ccccc1-c1cc2c3cc4ccccc4cc3n(C)c2c[n+]1C.[2H]C([2H])([2H])c1ccc(-c2cc3c4cc5ccc(C)cc5cc4n(C)c3c[n+]2C)c(C)c1.[2H]C1(c2ccc3cc4c5cc(-c6ccccc6C)[n+](C)cc5n(C)c4cc3c2)CCCCC1. The normalized spacial score (nSPS) is 13.6. The summed E-state index contributed by atoms with van der Waals surface area (Å²) in [4.78, 5) is 0. The summed E-state index contributed by atoms with van der Waals surface area (Å²) in [5.74, 6) is -0.420. The zero-order chi connectivity index (χ0) is 81.4. The standard InChI is InChI=1S/C30H31N2.C26H25N2.C25H23N2.C24H21N2/c1-20-9-7-8-12-25(20)28-18-27-26-16-23-14-13-22(21-10-5-4-6-11-21)15-24(23)17-29(26)32(3)30(27)19-31(28)2;1-16-7-9-21(18(3)10-16)24-14-23-22-12-19-8-6-17(2)11-20(19)13-25(22)28(5)26(23)15-27(24)4;1-16-9-10-20(17(2)11-16)23-14-22-21-12-18-7-5-6-8-19(18)13-24(21)27(4)25(22)15-26(23)3;1-16-8-4-7-11-19(16)22-14-21-20-12-17-9-5-6-10-18(17)13-23(20)26(3)24(21)15-25(22)2/h7-9,12-19,21H,4-6,10-11H2,1-3H3;6-15H,1-5H3;5-15H,1-4H3;4-15H,1-3H3/q4*+1/i21D;1D3;;. The van der Waals surface area contributed by atoms with Crippen molar-refractivity contribution in [1.29, 1.82) is 0 Å². The second kappa shape index (κ2) is 28.7. The highest BCUT2D eigenvalue weighted by Crippen LogP contribution is 2.41. The number of pyridine rings is 4. The van der Waals surface area contributed by atoms with E-state index in [1.54, 1.807) is 12.1 Å². The number of hydrogen-bond donors (Lipinski definition) is 0. The third kappa shape index (κ3) is 12.8. The van der Waals surface area contributed by atoms with E-state index in [1.807, 2.05) is 20.0 Å². The van der Waals surface area contributed by atoms with Gasteiger partial charge in [0.1, 0.15) is 50.3 Å². The van der Waals surface area contributed by atoms with Crippen molar-refractivity contribution in [2.24, 2.45) is 56.4 Å². The summed E-state index contributed by atoms with van der Waals surface area (Å²) >= 11 is 0. The Hall–Kier alpha value is -12.5. The lowest BCUT2D eigenvalue weighted by molar-refractivity contribution is -0.659. The van der Waals surface area contributed by atoms with E-state index in [0.717, 1.165) is 29.7 Å². The average Bonchev–Trinajstić information content (AvgIpc) is 1.61. The minimum atomic E-state index is -2.09. The molecule has 1 fully saturated rings. The Morgan fingerprint density at radius 3 is 0.965 bits per heavy atom. The van der Waals surface area contributed by atoms with Gasteiger partial charge >= 0.3 is 0 Å². The lowest BCUT2D eigenvalue weighted by Crippen LogP contribution is -2.30. The summed E-state index contributed by atoms with van der Waals surface area (Å²) in [6.07, 6.45) is 14.5. The Bertz CT molecular complexity index is 7480. The van der Waals surface area contributed by atoms with E-state index < -0.39 is 12.7 Å². The first-order valence-electron chi connectivity index (χ1n) is 41.8. The molecule has 0 saturated heterocycles. The van der Waals surface area contributed by atoms with E-state index in [4.69, 9.17) is 5.48 Å². The number of hydrogen-bond acceptors (Lipinski definition) is 0. The molecule has 0 amide bonds. The van der Waals surface area contributed by atoms with Gasteiger partial charge in [-0.1, -0.05) is 182 Å². The van der Waals surface area contributed by atoms with Crippen LogP contribution in [0.2, 0.25) is 0 Å². The average molecular weight is 1480 g/mol. The maximum atomic E-state index is 9.07. The van der Waals surface area contributed by atoms with Crippen LogP contribution >= 0.6 is 0 Å². The van der Waals surface area contributed by atoms with Crippen molar-refractivity contribution >= 4 is 130 Å². The molecule has 0 spiro atoms. The third-order valence-electron chi connectivity index (χ3n) is 24.7. The Kier molecular flexibility index (Phi) is 17.1. The van der Waals surface area contributed by atoms with E-state index in [0.29, 0.717) is 5.56 Å². The van der Waals surface area contributed by atoms with Gasteiger partial charge in [-0.25, -0.2) is 0 Å². The highest BCUT2D eigenvalue weighted by molar-refractivity contribution is 6.16. The first-order valence-corrected chi connectivity index (χ1v) is 39.8. The molecule has 8 aromatic heterocycles. The van der Waals surface area contributed by atoms with Crippen LogP contribution in [0.15, 0.2) is 267 Å². The van der Waals surface area contributed by atoms with Crippen LogP contribution in [0, 0.1) is 48.4 Å². The molecule has 113 heavy (non-hydrogen) atoms. The van der Waals surface area contributed by atoms with Crippen molar-refractivity contribution in [3.05, 3.63) is 312 Å². The molecule has 0 bridgehead atoms. The van der Waals surface area contributed by atoms with E-state index in [1.165, 1.54) is 217 Å². The third-order valence-corrected chi connectivity index (χ3v) is 24.7. The van der Waals surface area contributed by atoms with E-state index in [9.17, 15) is 0 Å². The zero-order valence-electron chi connectivity index (χ0n) is 71.5. The summed E-state index contributed by atoms with van der Waals surface area (Å²) in [5.41, 5.74) is 28.6. The van der Waals surface area contributed by atoms with Crippen molar-refractivity contribution in [2.45, 2.75) is 86.4 Å². The molecule has 0 aliphatic heterocycles. The van der Waals surface area contributed by atoms with Crippen LogP contribution in [0.3, 0.4) is 0 Å². The minimum absolute atomic E-state index is 0.379. The summed E-state index contributed by atoms with van der Waals surface area (Å²) in [6, 6.07) is 87.6. The van der Waals surface area contributed by atoms with Gasteiger partial charge in [-0.05, 0) is 211 Å². The molecular weight excluding hydrogens is 1370 g/mol. The summed E-state index contributed by atoms with van der Waals surface area (Å²) < 4.78 is 50.2. The van der Waals surface area contributed by atoms with Gasteiger partial charge in [0.25, 0.3) is 0 Å². The molecule has 8 nitrogen and oxygen atoms in total. The maximum absolute atomic E-state index is 9.07. The second-order valence-corrected chi connectivity index (χ2v) is 32.2. The summed E-state index contributed by atoms with van der Waals surface area (Å²) in [6.45, 7) is 10.7. The molecule has 12 aromatic carbocycles. The van der Waals surface area contributed by atoms with Crippen LogP contribution in [0.4, 0.5) is 0 Å². The first kappa shape index (κ1) is 67.4. The Balaban J connectivity index is 0.000000108. The lowest BCUT2D eigenvalue weighted by atomic mass is 9.83. The quantitative estimate of drug-likeness (QED) is 0.154. The van der Waals surface area contributed by atoms with Crippen molar-refractivity contribution in [3.63, 3.8) is 0 Å². The molecule has 21 rings (SSSR count). The number of aromatic nitrogens is 8. The van der Waals surface area contributed by atoms with Crippen molar-refractivity contribution in [2.75, 3.05) is 0 Å². The molecule has 8 heteroatoms. The molecule has 0 unspecified atom stereocenters. The number of aryl methyl sites for hydroxylation is 15. The van der Waals surface area contributed by atoms with Gasteiger partial charge in [0.15, 0.2) is 24.8 Å². The highest BCUT2D eigenvalue weighted by Gasteiger charge is 2.25. The predicted molar refractivity (Wildman–Crippen MR) is 477 cm³/mol. The molecule has 0 atom stereocenters. The molecule has 0 radical (unpaired) electrons. The molecule has 20 aromatic rings. The maximum Gasteiger partial charge on any atom is 0.213 e. The van der Waals surface area contributed by atoms with E-state index in [2.05, 4.69) is 370 Å². The fraction of sp³-hybridized carbons (Fsp3) is 0.200. The van der Waals surface area contributed by atoms with Crippen LogP contribution in [0.1, 0.15) is 88.0 Å². The number of benzene rings is 12. The fourth-order valence-electron chi connectivity index (χ4n) is 18.4. The van der Waals surface area contributed by atoms with Gasteiger partial charge in [0, 0.05) is 145 Å². The monoisotopic (exact) mass is 1480 g/mol. The Labute approximate surface area is 668 Å². The van der Waals surface area contributed by atoms with Gasteiger partial charge in [-0.3, -0.25) is 0 Å². The molecule has 0 N–H and O–H groups in total. The van der Waals surface area contributed by atoms with E-state index in [-0.39, 0.29) is 0 Å². The van der Waals surface area contributed by atoms with Gasteiger partial charge in [0.2, 0.25) is 22.8 Å². The van der Waals surface area contributed by atoms with Crippen molar-refractivity contribution < 1.29 is 23.8 Å². The molecule has 8 heterocycles. The largest absolute Gasteiger partial charge is 0.339 e. The topological polar surface area (TPSA) is 35.2 Å². The number of fused-ring (bicyclic) bond motifs is 16. The summed E-state index contributed by atoms with van der Waals surface area (Å²) in [5, 5.41) is 20.4. The number of nitrogens with zero attached hydrogens (tertiary/aromatic N) is 8. The fourth-order valence-corrected chi connectivity index (χ4v) is 18.4. The molecular formula is C105H100N8+4. The zero-order valence-corrected chi connectivity index (χ0v) is 67.5. The van der Waals surface area contributed by atoms with Crippen LogP contribution < -0.4 is 18.3 Å². The Morgan fingerprint density at radius 2 is 0.575 bits per heavy atom. The first-order chi connectivity index (χ1) is 56.2. The molecule has 1 saturated carbocycles. The second-order valence-electron chi connectivity index (χ2n) is 32.2. The van der Waals surface area contributed by atoms with Crippen LogP contribution in [0.5, 0.6) is 0 Å². The summed E-state index contributed by atoms with van der Waals surface area (Å²) in [7, 11) is 17.1. The molecule has 1 aliphatic rings. The van der Waals surface area contributed by atoms with Crippen LogP contribution in [-0.2, 0) is 56.4 Å². The van der Waals surface area contributed by atoms with Gasteiger partial charge in [-0.15, -0.1) is 0 Å². The molecule has 1 aliphatic carbocycles. The smallest absolute Gasteiger partial charge is 0.213 e. The van der Waals surface area contributed by atoms with E-state index >= 15 is 0 Å². The highest BCUT2D eigenvalue weighted by atomic mass is 15.0. The lowest BCUT2D eigenvalue weighted by Gasteiger charge is -2.22. The van der Waals surface area contributed by atoms with Gasteiger partial charge in [0.05, 0.1) is 0 Å². The van der Waals surface area contributed by atoms with Gasteiger partial charge < -0.3 is 18.3 Å². The number of rotatable bonds is 5. The molecule has 556 valence electrons. The van der Waals surface area contributed by atoms with Crippen molar-refractivity contribution in [3.8, 4) is 45.0 Å². The minimum Gasteiger partial charge on any atom is -0.339 e. The van der Waals surface area contributed by atoms with Crippen LogP contribution in [0.25, 0.3) is 175 Å². The predicted octanol–water partition coefficient (Wildman–Crippen LogP) is 24.1.